The molecule has 0 heterocycles. The molecular formula is C16H17BrFNO2. The van der Waals surface area contributed by atoms with Crippen LogP contribution in [0.5, 0.6) is 11.5 Å². The van der Waals surface area contributed by atoms with Crippen LogP contribution in [0.4, 0.5) is 4.39 Å². The summed E-state index contributed by atoms with van der Waals surface area (Å²) in [6.45, 7) is 1.98. The van der Waals surface area contributed by atoms with E-state index in [1.54, 1.807) is 6.07 Å². The van der Waals surface area contributed by atoms with Gasteiger partial charge in [0.1, 0.15) is 5.82 Å². The van der Waals surface area contributed by atoms with Crippen LogP contribution >= 0.6 is 15.9 Å². The van der Waals surface area contributed by atoms with Gasteiger partial charge in [0.25, 0.3) is 0 Å². The van der Waals surface area contributed by atoms with Crippen LogP contribution in [-0.4, -0.2) is 14.2 Å². The Labute approximate surface area is 132 Å². The Bertz CT molecular complexity index is 661. The second-order valence-corrected chi connectivity index (χ2v) is 5.57. The number of aryl methyl sites for hydroxylation is 1. The maximum atomic E-state index is 14.2. The molecule has 1 atom stereocenters. The first-order valence-electron chi connectivity index (χ1n) is 6.41. The summed E-state index contributed by atoms with van der Waals surface area (Å²) in [6, 6.07) is 8.01. The average molecular weight is 354 g/mol. The lowest BCUT2D eigenvalue weighted by molar-refractivity contribution is 0.351. The lowest BCUT2D eigenvalue weighted by Crippen LogP contribution is -2.14. The molecule has 0 aliphatic carbocycles. The Hall–Kier alpha value is -1.59. The number of rotatable bonds is 4. The minimum atomic E-state index is -0.582. The van der Waals surface area contributed by atoms with Crippen molar-refractivity contribution < 1.29 is 13.9 Å². The van der Waals surface area contributed by atoms with Crippen LogP contribution in [0.25, 0.3) is 0 Å². The Morgan fingerprint density at radius 1 is 1.10 bits per heavy atom. The summed E-state index contributed by atoms with van der Waals surface area (Å²) in [7, 11) is 2.97. The summed E-state index contributed by atoms with van der Waals surface area (Å²) in [5.41, 5.74) is 8.47. The zero-order chi connectivity index (χ0) is 15.6. The van der Waals surface area contributed by atoms with E-state index in [4.69, 9.17) is 15.2 Å². The maximum absolute atomic E-state index is 14.2. The monoisotopic (exact) mass is 353 g/mol. The third kappa shape index (κ3) is 3.19. The second-order valence-electron chi connectivity index (χ2n) is 4.71. The molecule has 1 unspecified atom stereocenters. The molecule has 0 bridgehead atoms. The van der Waals surface area contributed by atoms with Gasteiger partial charge in [0, 0.05) is 16.1 Å². The molecule has 5 heteroatoms. The first kappa shape index (κ1) is 15.8. The molecule has 2 aromatic carbocycles. The summed E-state index contributed by atoms with van der Waals surface area (Å²) in [4.78, 5) is 0. The molecule has 0 saturated heterocycles. The molecule has 0 aromatic heterocycles. The van der Waals surface area contributed by atoms with Gasteiger partial charge in [-0.3, -0.25) is 0 Å². The molecule has 0 radical (unpaired) electrons. The number of nitrogens with two attached hydrogens (primary N) is 1. The molecule has 0 saturated carbocycles. The van der Waals surface area contributed by atoms with E-state index in [-0.39, 0.29) is 0 Å². The molecule has 2 aromatic rings. The molecule has 0 aliphatic heterocycles. The van der Waals surface area contributed by atoms with Gasteiger partial charge in [0.15, 0.2) is 11.5 Å². The number of halogens is 2. The summed E-state index contributed by atoms with van der Waals surface area (Å²) in [5.74, 6) is 0.378. The van der Waals surface area contributed by atoms with Crippen molar-refractivity contribution in [2.24, 2.45) is 5.73 Å². The number of ether oxygens (including phenoxy) is 2. The van der Waals surface area contributed by atoms with Crippen molar-refractivity contribution in [2.75, 3.05) is 14.2 Å². The molecule has 0 aliphatic rings. The SMILES string of the molecule is COc1cc(F)c(C(N)c2ccc(C)c(Br)c2)cc1OC. The van der Waals surface area contributed by atoms with Crippen molar-refractivity contribution in [2.45, 2.75) is 13.0 Å². The zero-order valence-electron chi connectivity index (χ0n) is 12.1. The highest BCUT2D eigenvalue weighted by atomic mass is 79.9. The van der Waals surface area contributed by atoms with E-state index in [9.17, 15) is 4.39 Å². The van der Waals surface area contributed by atoms with Gasteiger partial charge in [-0.1, -0.05) is 28.1 Å². The van der Waals surface area contributed by atoms with Crippen molar-refractivity contribution in [3.05, 3.63) is 57.3 Å². The summed E-state index contributed by atoms with van der Waals surface area (Å²) in [5, 5.41) is 0. The molecule has 112 valence electrons. The summed E-state index contributed by atoms with van der Waals surface area (Å²) < 4.78 is 25.5. The van der Waals surface area contributed by atoms with Gasteiger partial charge >= 0.3 is 0 Å². The highest BCUT2D eigenvalue weighted by molar-refractivity contribution is 9.10. The minimum absolute atomic E-state index is 0.344. The Morgan fingerprint density at radius 2 is 1.71 bits per heavy atom. The predicted molar refractivity (Wildman–Crippen MR) is 84.4 cm³/mol. The minimum Gasteiger partial charge on any atom is -0.493 e. The quantitative estimate of drug-likeness (QED) is 0.904. The molecular weight excluding hydrogens is 337 g/mol. The lowest BCUT2D eigenvalue weighted by atomic mass is 9.98. The van der Waals surface area contributed by atoms with E-state index in [1.165, 1.54) is 20.3 Å². The zero-order valence-corrected chi connectivity index (χ0v) is 13.7. The predicted octanol–water partition coefficient (Wildman–Crippen LogP) is 3.96. The number of benzene rings is 2. The van der Waals surface area contributed by atoms with Gasteiger partial charge in [-0.05, 0) is 30.2 Å². The summed E-state index contributed by atoms with van der Waals surface area (Å²) in [6.07, 6.45) is 0. The first-order chi connectivity index (χ1) is 9.97. The lowest BCUT2D eigenvalue weighted by Gasteiger charge is -2.17. The van der Waals surface area contributed by atoms with Crippen LogP contribution in [0.15, 0.2) is 34.8 Å². The Morgan fingerprint density at radius 3 is 2.29 bits per heavy atom. The van der Waals surface area contributed by atoms with Crippen LogP contribution in [0.2, 0.25) is 0 Å². The molecule has 0 fully saturated rings. The Balaban J connectivity index is 2.47. The van der Waals surface area contributed by atoms with E-state index in [0.717, 1.165) is 15.6 Å². The average Bonchev–Trinajstić information content (AvgIpc) is 2.49. The van der Waals surface area contributed by atoms with Crippen molar-refractivity contribution >= 4 is 15.9 Å². The second kappa shape index (κ2) is 6.45. The van der Waals surface area contributed by atoms with E-state index >= 15 is 0 Å². The fraction of sp³-hybridized carbons (Fsp3) is 0.250. The van der Waals surface area contributed by atoms with E-state index in [1.807, 2.05) is 25.1 Å². The topological polar surface area (TPSA) is 44.5 Å². The van der Waals surface area contributed by atoms with E-state index < -0.39 is 11.9 Å². The third-order valence-corrected chi connectivity index (χ3v) is 4.25. The highest BCUT2D eigenvalue weighted by Crippen LogP contribution is 2.34. The van der Waals surface area contributed by atoms with Crippen molar-refractivity contribution in [1.82, 2.24) is 0 Å². The van der Waals surface area contributed by atoms with E-state index in [2.05, 4.69) is 15.9 Å². The van der Waals surface area contributed by atoms with Crippen LogP contribution in [0.3, 0.4) is 0 Å². The largest absolute Gasteiger partial charge is 0.493 e. The van der Waals surface area contributed by atoms with Crippen LogP contribution in [-0.2, 0) is 0 Å². The smallest absolute Gasteiger partial charge is 0.163 e. The number of methoxy groups -OCH3 is 2. The first-order valence-corrected chi connectivity index (χ1v) is 7.20. The standard InChI is InChI=1S/C16H17BrFNO2/c1-9-4-5-10(6-12(9)17)16(19)11-7-14(20-2)15(21-3)8-13(11)18/h4-8,16H,19H2,1-3H3. The van der Waals surface area contributed by atoms with E-state index in [0.29, 0.717) is 17.1 Å². The number of hydrogen-bond acceptors (Lipinski definition) is 3. The van der Waals surface area contributed by atoms with Gasteiger partial charge in [-0.25, -0.2) is 4.39 Å². The molecule has 2 rings (SSSR count). The fourth-order valence-corrected chi connectivity index (χ4v) is 2.49. The summed E-state index contributed by atoms with van der Waals surface area (Å²) >= 11 is 3.46. The van der Waals surface area contributed by atoms with Crippen molar-refractivity contribution in [3.63, 3.8) is 0 Å². The molecule has 2 N–H and O–H groups in total. The van der Waals surface area contributed by atoms with Crippen LogP contribution < -0.4 is 15.2 Å². The normalized spacial score (nSPS) is 12.1. The van der Waals surface area contributed by atoms with Gasteiger partial charge in [-0.2, -0.15) is 0 Å². The fourth-order valence-electron chi connectivity index (χ4n) is 2.09. The Kier molecular flexibility index (Phi) is 4.85. The van der Waals surface area contributed by atoms with Crippen molar-refractivity contribution in [3.8, 4) is 11.5 Å². The van der Waals surface area contributed by atoms with Gasteiger partial charge in [-0.15, -0.1) is 0 Å². The molecule has 21 heavy (non-hydrogen) atoms. The highest BCUT2D eigenvalue weighted by Gasteiger charge is 2.18. The maximum Gasteiger partial charge on any atom is 0.163 e. The molecule has 0 spiro atoms. The van der Waals surface area contributed by atoms with Crippen LogP contribution in [0.1, 0.15) is 22.7 Å². The molecule has 3 nitrogen and oxygen atoms in total. The van der Waals surface area contributed by atoms with Gasteiger partial charge in [0.2, 0.25) is 0 Å². The number of hydrogen-bond donors (Lipinski definition) is 1. The van der Waals surface area contributed by atoms with Gasteiger partial charge < -0.3 is 15.2 Å². The van der Waals surface area contributed by atoms with Crippen molar-refractivity contribution in [1.29, 1.82) is 0 Å². The van der Waals surface area contributed by atoms with Gasteiger partial charge in [0.05, 0.1) is 20.3 Å². The third-order valence-electron chi connectivity index (χ3n) is 3.39. The molecule has 0 amide bonds. The van der Waals surface area contributed by atoms with Crippen LogP contribution in [0, 0.1) is 12.7 Å².